The Morgan fingerprint density at radius 2 is 1.48 bits per heavy atom. The molecule has 25 heavy (non-hydrogen) atoms. The molecule has 0 radical (unpaired) electrons. The minimum absolute atomic E-state index is 0.282. The molecule has 0 aliphatic heterocycles. The molecule has 0 aromatic heterocycles. The molecule has 2 aromatic rings. The predicted octanol–water partition coefficient (Wildman–Crippen LogP) is 1.23. The summed E-state index contributed by atoms with van der Waals surface area (Å²) in [5.74, 6) is 4.07. The van der Waals surface area contributed by atoms with Crippen LogP contribution in [0.2, 0.25) is 0 Å². The summed E-state index contributed by atoms with van der Waals surface area (Å²) in [6, 6.07) is 12.2. The van der Waals surface area contributed by atoms with Gasteiger partial charge in [0, 0.05) is 22.4 Å². The molecule has 0 fully saturated rings. The number of aliphatic hydroxyl groups excluding tert-OH is 1. The van der Waals surface area contributed by atoms with E-state index in [1.54, 1.807) is 36.4 Å². The Bertz CT molecular complexity index is 815. The zero-order chi connectivity index (χ0) is 18.4. The Kier molecular flexibility index (Phi) is 5.77. The largest absolute Gasteiger partial charge is 0.480 e. The first kappa shape index (κ1) is 18.0. The maximum atomic E-state index is 12.1. The maximum Gasteiger partial charge on any atom is 0.328 e. The van der Waals surface area contributed by atoms with Gasteiger partial charge in [0.1, 0.15) is 0 Å². The van der Waals surface area contributed by atoms with Crippen molar-refractivity contribution in [2.45, 2.75) is 19.1 Å². The van der Waals surface area contributed by atoms with Gasteiger partial charge in [0.05, 0.1) is 6.10 Å². The Balaban J connectivity index is 2.08. The van der Waals surface area contributed by atoms with Gasteiger partial charge in [0.2, 0.25) is 0 Å². The van der Waals surface area contributed by atoms with Gasteiger partial charge in [-0.25, -0.2) is 4.79 Å². The molecule has 2 unspecified atom stereocenters. The number of aliphatic carboxylic acids is 1. The summed E-state index contributed by atoms with van der Waals surface area (Å²) in [5, 5.41) is 20.7. The molecule has 0 spiro atoms. The predicted molar refractivity (Wildman–Crippen MR) is 93.8 cm³/mol. The Morgan fingerprint density at radius 1 is 1.00 bits per heavy atom. The van der Waals surface area contributed by atoms with Crippen molar-refractivity contribution in [3.63, 3.8) is 0 Å². The van der Waals surface area contributed by atoms with Crippen LogP contribution in [0.4, 0.5) is 5.69 Å². The van der Waals surface area contributed by atoms with Crippen LogP contribution in [-0.2, 0) is 4.79 Å². The third-order valence-corrected chi connectivity index (χ3v) is 3.44. The second kappa shape index (κ2) is 7.99. The van der Waals surface area contributed by atoms with Crippen molar-refractivity contribution < 1.29 is 19.8 Å². The van der Waals surface area contributed by atoms with Gasteiger partial charge in [-0.05, 0) is 55.5 Å². The number of amides is 1. The molecule has 0 saturated heterocycles. The van der Waals surface area contributed by atoms with Crippen LogP contribution in [0.3, 0.4) is 0 Å². The van der Waals surface area contributed by atoms with Gasteiger partial charge in [-0.3, -0.25) is 4.79 Å². The van der Waals surface area contributed by atoms with Gasteiger partial charge in [-0.15, -0.1) is 0 Å². The van der Waals surface area contributed by atoms with Crippen LogP contribution in [0.25, 0.3) is 0 Å². The van der Waals surface area contributed by atoms with Crippen molar-refractivity contribution in [3.05, 3.63) is 65.2 Å². The SMILES string of the molecule is CC(O)C(NC(=O)c1ccc(C#Cc2ccc(N)cc2)cc1)C(=O)O. The molecule has 0 aliphatic carbocycles. The average molecular weight is 338 g/mol. The highest BCUT2D eigenvalue weighted by Gasteiger charge is 2.25. The first-order valence-corrected chi connectivity index (χ1v) is 7.56. The number of benzene rings is 2. The van der Waals surface area contributed by atoms with E-state index in [9.17, 15) is 14.7 Å². The number of anilines is 1. The Morgan fingerprint density at radius 3 is 1.92 bits per heavy atom. The number of rotatable bonds is 4. The first-order chi connectivity index (χ1) is 11.9. The van der Waals surface area contributed by atoms with Crippen LogP contribution < -0.4 is 11.1 Å². The number of hydrogen-bond donors (Lipinski definition) is 4. The molecular formula is C19H18N2O4. The van der Waals surface area contributed by atoms with Crippen LogP contribution >= 0.6 is 0 Å². The van der Waals surface area contributed by atoms with E-state index < -0.39 is 24.0 Å². The molecule has 5 N–H and O–H groups in total. The fraction of sp³-hybridized carbons (Fsp3) is 0.158. The van der Waals surface area contributed by atoms with Gasteiger partial charge in [0.15, 0.2) is 6.04 Å². The van der Waals surface area contributed by atoms with Gasteiger partial charge in [-0.1, -0.05) is 11.8 Å². The standard InChI is InChI=1S/C19H18N2O4/c1-12(22)17(19(24)25)21-18(23)15-8-4-13(5-9-15)2-3-14-6-10-16(20)11-7-14/h4-12,17,22H,20H2,1H3,(H,21,23)(H,24,25). The van der Waals surface area contributed by atoms with Crippen molar-refractivity contribution in [3.8, 4) is 11.8 Å². The van der Waals surface area contributed by atoms with Crippen molar-refractivity contribution >= 4 is 17.6 Å². The smallest absolute Gasteiger partial charge is 0.328 e. The number of hydrogen-bond acceptors (Lipinski definition) is 4. The van der Waals surface area contributed by atoms with Crippen molar-refractivity contribution in [1.82, 2.24) is 5.32 Å². The van der Waals surface area contributed by atoms with E-state index in [1.807, 2.05) is 12.1 Å². The van der Waals surface area contributed by atoms with Gasteiger partial charge >= 0.3 is 5.97 Å². The van der Waals surface area contributed by atoms with Crippen LogP contribution in [0, 0.1) is 11.8 Å². The Labute approximate surface area is 145 Å². The molecule has 0 heterocycles. The number of carboxylic acid groups (broad SMARTS) is 1. The average Bonchev–Trinajstić information content (AvgIpc) is 2.59. The molecule has 6 nitrogen and oxygen atoms in total. The molecule has 1 amide bonds. The highest BCUT2D eigenvalue weighted by atomic mass is 16.4. The summed E-state index contributed by atoms with van der Waals surface area (Å²) in [4.78, 5) is 23.1. The minimum Gasteiger partial charge on any atom is -0.480 e. The molecule has 128 valence electrons. The lowest BCUT2D eigenvalue weighted by Gasteiger charge is -2.16. The third kappa shape index (κ3) is 5.09. The molecule has 0 bridgehead atoms. The summed E-state index contributed by atoms with van der Waals surface area (Å²) in [5.41, 5.74) is 8.08. The van der Waals surface area contributed by atoms with Crippen LogP contribution in [-0.4, -0.2) is 34.2 Å². The highest BCUT2D eigenvalue weighted by molar-refractivity contribution is 5.96. The molecule has 2 aromatic carbocycles. The second-order valence-corrected chi connectivity index (χ2v) is 5.48. The lowest BCUT2D eigenvalue weighted by Crippen LogP contribution is -2.47. The Hall–Kier alpha value is -3.30. The number of nitrogen functional groups attached to an aromatic ring is 1. The van der Waals surface area contributed by atoms with Gasteiger partial charge in [0.25, 0.3) is 5.91 Å². The zero-order valence-corrected chi connectivity index (χ0v) is 13.6. The topological polar surface area (TPSA) is 113 Å². The van der Waals surface area contributed by atoms with E-state index in [0.29, 0.717) is 11.3 Å². The van der Waals surface area contributed by atoms with Gasteiger partial charge in [-0.2, -0.15) is 0 Å². The summed E-state index contributed by atoms with van der Waals surface area (Å²) in [6.07, 6.45) is -1.20. The number of nitrogens with one attached hydrogen (secondary N) is 1. The molecule has 2 rings (SSSR count). The lowest BCUT2D eigenvalue weighted by atomic mass is 10.1. The normalized spacial score (nSPS) is 12.4. The fourth-order valence-corrected chi connectivity index (χ4v) is 2.03. The number of aliphatic hydroxyl groups is 1. The summed E-state index contributed by atoms with van der Waals surface area (Å²) in [7, 11) is 0. The summed E-state index contributed by atoms with van der Waals surface area (Å²) >= 11 is 0. The number of carboxylic acids is 1. The molecular weight excluding hydrogens is 320 g/mol. The first-order valence-electron chi connectivity index (χ1n) is 7.56. The van der Waals surface area contributed by atoms with Crippen LogP contribution in [0.5, 0.6) is 0 Å². The number of carbonyl (C=O) groups is 2. The highest BCUT2D eigenvalue weighted by Crippen LogP contribution is 2.07. The van der Waals surface area contributed by atoms with E-state index >= 15 is 0 Å². The molecule has 2 atom stereocenters. The lowest BCUT2D eigenvalue weighted by molar-refractivity contribution is -0.141. The van der Waals surface area contributed by atoms with E-state index in [1.165, 1.54) is 6.92 Å². The van der Waals surface area contributed by atoms with Gasteiger partial charge < -0.3 is 21.3 Å². The maximum absolute atomic E-state index is 12.1. The van der Waals surface area contributed by atoms with Crippen LogP contribution in [0.15, 0.2) is 48.5 Å². The van der Waals surface area contributed by atoms with Crippen LogP contribution in [0.1, 0.15) is 28.4 Å². The van der Waals surface area contributed by atoms with E-state index in [-0.39, 0.29) is 5.56 Å². The van der Waals surface area contributed by atoms with Crippen molar-refractivity contribution in [2.24, 2.45) is 0 Å². The fourth-order valence-electron chi connectivity index (χ4n) is 2.03. The minimum atomic E-state index is -1.36. The van der Waals surface area contributed by atoms with Crippen molar-refractivity contribution in [1.29, 1.82) is 0 Å². The molecule has 0 aliphatic rings. The monoisotopic (exact) mass is 338 g/mol. The van der Waals surface area contributed by atoms with Crippen molar-refractivity contribution in [2.75, 3.05) is 5.73 Å². The molecule has 6 heteroatoms. The van der Waals surface area contributed by atoms with E-state index in [2.05, 4.69) is 17.2 Å². The third-order valence-electron chi connectivity index (χ3n) is 3.44. The molecule has 0 saturated carbocycles. The summed E-state index contributed by atoms with van der Waals surface area (Å²) in [6.45, 7) is 1.30. The number of nitrogens with two attached hydrogens (primary N) is 1. The summed E-state index contributed by atoms with van der Waals surface area (Å²) < 4.78 is 0. The number of carbonyl (C=O) groups excluding carboxylic acids is 1. The van der Waals surface area contributed by atoms with E-state index in [0.717, 1.165) is 5.56 Å². The quantitative estimate of drug-likeness (QED) is 0.495. The van der Waals surface area contributed by atoms with E-state index in [4.69, 9.17) is 10.8 Å². The second-order valence-electron chi connectivity index (χ2n) is 5.48. The zero-order valence-electron chi connectivity index (χ0n) is 13.6.